The third-order valence-corrected chi connectivity index (χ3v) is 6.19. The number of rotatable bonds is 2. The summed E-state index contributed by atoms with van der Waals surface area (Å²) in [5.41, 5.74) is 0. The Labute approximate surface area is 128 Å². The molecule has 1 aliphatic rings. The fraction of sp³-hybridized carbons (Fsp3) is 0.500. The van der Waals surface area contributed by atoms with Crippen LogP contribution in [0.4, 0.5) is 0 Å². The van der Waals surface area contributed by atoms with Crippen LogP contribution >= 0.6 is 34.8 Å². The van der Waals surface area contributed by atoms with Crippen molar-refractivity contribution in [2.24, 2.45) is 5.92 Å². The third kappa shape index (κ3) is 3.19. The molecule has 1 heterocycles. The summed E-state index contributed by atoms with van der Waals surface area (Å²) in [4.78, 5) is -0.0469. The van der Waals surface area contributed by atoms with Crippen molar-refractivity contribution >= 4 is 44.8 Å². The monoisotopic (exact) mass is 341 g/mol. The van der Waals surface area contributed by atoms with Gasteiger partial charge >= 0.3 is 0 Å². The topological polar surface area (TPSA) is 37.4 Å². The average Bonchev–Trinajstić information content (AvgIpc) is 2.26. The van der Waals surface area contributed by atoms with E-state index >= 15 is 0 Å². The lowest BCUT2D eigenvalue weighted by molar-refractivity contribution is 0.281. The van der Waals surface area contributed by atoms with Gasteiger partial charge in [-0.15, -0.1) is 0 Å². The van der Waals surface area contributed by atoms with Crippen LogP contribution in [0.25, 0.3) is 0 Å². The Morgan fingerprint density at radius 3 is 2.32 bits per heavy atom. The van der Waals surface area contributed by atoms with Gasteiger partial charge in [0.2, 0.25) is 10.0 Å². The van der Waals surface area contributed by atoms with E-state index in [4.69, 9.17) is 34.8 Å². The molecular weight excluding hydrogens is 329 g/mol. The number of piperidine rings is 1. The van der Waals surface area contributed by atoms with Gasteiger partial charge in [0.1, 0.15) is 4.90 Å². The number of sulfonamides is 1. The predicted octanol–water partition coefficient (Wildman–Crippen LogP) is 4.07. The van der Waals surface area contributed by atoms with Crippen LogP contribution in [0, 0.1) is 5.92 Å². The van der Waals surface area contributed by atoms with Gasteiger partial charge in [0.05, 0.1) is 10.0 Å². The van der Waals surface area contributed by atoms with E-state index in [-0.39, 0.29) is 14.9 Å². The van der Waals surface area contributed by atoms with Crippen molar-refractivity contribution in [3.8, 4) is 0 Å². The number of halogens is 3. The molecule has 1 aromatic carbocycles. The van der Waals surface area contributed by atoms with E-state index in [1.165, 1.54) is 16.4 Å². The molecule has 0 spiro atoms. The van der Waals surface area contributed by atoms with Gasteiger partial charge in [-0.05, 0) is 30.9 Å². The molecule has 0 aromatic heterocycles. The molecule has 1 fully saturated rings. The predicted molar refractivity (Wildman–Crippen MR) is 78.6 cm³/mol. The van der Waals surface area contributed by atoms with Crippen molar-refractivity contribution in [1.29, 1.82) is 0 Å². The number of benzene rings is 1. The summed E-state index contributed by atoms with van der Waals surface area (Å²) in [6.45, 7) is 3.03. The van der Waals surface area contributed by atoms with Gasteiger partial charge in [0.25, 0.3) is 0 Å². The van der Waals surface area contributed by atoms with Crippen molar-refractivity contribution in [1.82, 2.24) is 4.31 Å². The largest absolute Gasteiger partial charge is 0.246 e. The molecule has 0 radical (unpaired) electrons. The van der Waals surface area contributed by atoms with Crippen LogP contribution in [-0.4, -0.2) is 25.8 Å². The highest BCUT2D eigenvalue weighted by molar-refractivity contribution is 7.89. The summed E-state index contributed by atoms with van der Waals surface area (Å²) < 4.78 is 26.6. The van der Waals surface area contributed by atoms with Crippen molar-refractivity contribution in [2.45, 2.75) is 24.7 Å². The van der Waals surface area contributed by atoms with E-state index in [1.54, 1.807) is 0 Å². The standard InChI is InChI=1S/C12H14Cl3NO2S/c1-8-3-2-4-16(7-8)19(17,18)12-10(14)5-9(13)6-11(12)15/h5-6,8H,2-4,7H2,1H3. The molecule has 1 aliphatic heterocycles. The van der Waals surface area contributed by atoms with E-state index in [1.807, 2.05) is 6.92 Å². The second kappa shape index (κ2) is 5.78. The van der Waals surface area contributed by atoms with Crippen LogP contribution in [0.5, 0.6) is 0 Å². The minimum absolute atomic E-state index is 0.0469. The van der Waals surface area contributed by atoms with Gasteiger partial charge in [0.15, 0.2) is 0 Å². The SMILES string of the molecule is CC1CCCN(S(=O)(=O)c2c(Cl)cc(Cl)cc2Cl)C1. The lowest BCUT2D eigenvalue weighted by Crippen LogP contribution is -2.39. The van der Waals surface area contributed by atoms with Crippen LogP contribution in [0.3, 0.4) is 0 Å². The summed E-state index contributed by atoms with van der Waals surface area (Å²) in [6, 6.07) is 2.80. The molecule has 3 nitrogen and oxygen atoms in total. The molecular formula is C12H14Cl3NO2S. The van der Waals surface area contributed by atoms with E-state index in [0.717, 1.165) is 12.8 Å². The number of hydrogen-bond donors (Lipinski definition) is 0. The third-order valence-electron chi connectivity index (χ3n) is 3.18. The zero-order chi connectivity index (χ0) is 14.2. The fourth-order valence-corrected chi connectivity index (χ4v) is 5.36. The van der Waals surface area contributed by atoms with E-state index in [0.29, 0.717) is 24.0 Å². The summed E-state index contributed by atoms with van der Waals surface area (Å²) in [7, 11) is -3.66. The Hall–Kier alpha value is -0.000000000000000111. The van der Waals surface area contributed by atoms with Crippen LogP contribution < -0.4 is 0 Å². The van der Waals surface area contributed by atoms with Crippen molar-refractivity contribution < 1.29 is 8.42 Å². The Morgan fingerprint density at radius 1 is 1.21 bits per heavy atom. The highest BCUT2D eigenvalue weighted by Crippen LogP contribution is 2.35. The maximum Gasteiger partial charge on any atom is 0.246 e. The molecule has 7 heteroatoms. The first-order valence-corrected chi connectivity index (χ1v) is 8.54. The van der Waals surface area contributed by atoms with Gasteiger partial charge < -0.3 is 0 Å². The fourth-order valence-electron chi connectivity index (χ4n) is 2.27. The Bertz CT molecular complexity index is 566. The first-order chi connectivity index (χ1) is 8.82. The Morgan fingerprint density at radius 2 is 1.79 bits per heavy atom. The smallest absolute Gasteiger partial charge is 0.207 e. The maximum atomic E-state index is 12.6. The highest BCUT2D eigenvalue weighted by atomic mass is 35.5. The van der Waals surface area contributed by atoms with Crippen LogP contribution in [0.2, 0.25) is 15.1 Å². The molecule has 0 bridgehead atoms. The van der Waals surface area contributed by atoms with Crippen molar-refractivity contribution in [3.63, 3.8) is 0 Å². The summed E-state index contributed by atoms with van der Waals surface area (Å²) in [5.74, 6) is 0.341. The van der Waals surface area contributed by atoms with Gasteiger partial charge in [-0.25, -0.2) is 8.42 Å². The van der Waals surface area contributed by atoms with E-state index in [2.05, 4.69) is 0 Å². The molecule has 1 saturated heterocycles. The summed E-state index contributed by atoms with van der Waals surface area (Å²) in [6.07, 6.45) is 1.89. The van der Waals surface area contributed by atoms with E-state index in [9.17, 15) is 8.42 Å². The molecule has 0 amide bonds. The van der Waals surface area contributed by atoms with Gasteiger partial charge in [-0.2, -0.15) is 4.31 Å². The molecule has 0 N–H and O–H groups in total. The first kappa shape index (κ1) is 15.4. The minimum atomic E-state index is -3.66. The molecule has 106 valence electrons. The van der Waals surface area contributed by atoms with Crippen molar-refractivity contribution in [3.05, 3.63) is 27.2 Å². The molecule has 19 heavy (non-hydrogen) atoms. The second-order valence-electron chi connectivity index (χ2n) is 4.81. The first-order valence-electron chi connectivity index (χ1n) is 5.97. The molecule has 0 saturated carbocycles. The average molecular weight is 343 g/mol. The van der Waals surface area contributed by atoms with Crippen LogP contribution in [0.1, 0.15) is 19.8 Å². The zero-order valence-corrected chi connectivity index (χ0v) is 13.5. The Balaban J connectivity index is 2.45. The van der Waals surface area contributed by atoms with Gasteiger partial charge in [0, 0.05) is 18.1 Å². The van der Waals surface area contributed by atoms with Crippen LogP contribution in [0.15, 0.2) is 17.0 Å². The lowest BCUT2D eigenvalue weighted by Gasteiger charge is -2.30. The maximum absolute atomic E-state index is 12.6. The lowest BCUT2D eigenvalue weighted by atomic mass is 10.0. The number of nitrogens with zero attached hydrogens (tertiary/aromatic N) is 1. The highest BCUT2D eigenvalue weighted by Gasteiger charge is 2.32. The van der Waals surface area contributed by atoms with Crippen LogP contribution in [-0.2, 0) is 10.0 Å². The summed E-state index contributed by atoms with van der Waals surface area (Å²) in [5, 5.41) is 0.451. The zero-order valence-electron chi connectivity index (χ0n) is 10.4. The number of hydrogen-bond acceptors (Lipinski definition) is 2. The second-order valence-corrected chi connectivity index (χ2v) is 7.93. The normalized spacial score (nSPS) is 21.6. The van der Waals surface area contributed by atoms with Gasteiger partial charge in [-0.1, -0.05) is 41.7 Å². The Kier molecular flexibility index (Phi) is 4.68. The quantitative estimate of drug-likeness (QED) is 0.812. The minimum Gasteiger partial charge on any atom is -0.207 e. The molecule has 1 atom stereocenters. The molecule has 0 aliphatic carbocycles. The molecule has 1 aromatic rings. The van der Waals surface area contributed by atoms with Gasteiger partial charge in [-0.3, -0.25) is 0 Å². The van der Waals surface area contributed by atoms with Crippen molar-refractivity contribution in [2.75, 3.05) is 13.1 Å². The summed E-state index contributed by atoms with van der Waals surface area (Å²) >= 11 is 17.8. The van der Waals surface area contributed by atoms with E-state index < -0.39 is 10.0 Å². The molecule has 1 unspecified atom stereocenters. The molecule has 2 rings (SSSR count).